The van der Waals surface area contributed by atoms with Crippen molar-refractivity contribution < 1.29 is 5.11 Å². The average Bonchev–Trinajstić information content (AvgIpc) is 2.76. The minimum absolute atomic E-state index is 0.166. The molecule has 0 aromatic heterocycles. The summed E-state index contributed by atoms with van der Waals surface area (Å²) in [4.78, 5) is 2.18. The molecule has 1 fully saturated rings. The molecule has 0 bridgehead atoms. The van der Waals surface area contributed by atoms with Crippen molar-refractivity contribution in [1.82, 2.24) is 0 Å². The van der Waals surface area contributed by atoms with E-state index >= 15 is 0 Å². The summed E-state index contributed by atoms with van der Waals surface area (Å²) < 4.78 is 0. The van der Waals surface area contributed by atoms with Crippen molar-refractivity contribution in [3.8, 4) is 0 Å². The molecule has 0 radical (unpaired) electrons. The van der Waals surface area contributed by atoms with E-state index in [1.165, 1.54) is 22.4 Å². The Morgan fingerprint density at radius 2 is 1.67 bits per heavy atom. The van der Waals surface area contributed by atoms with Gasteiger partial charge in [-0.2, -0.15) is 0 Å². The molecule has 0 amide bonds. The largest absolute Gasteiger partial charge is 0.385 e. The van der Waals surface area contributed by atoms with Crippen LogP contribution in [-0.4, -0.2) is 19.2 Å². The Morgan fingerprint density at radius 1 is 0.933 bits per heavy atom. The molecule has 156 valence electrons. The van der Waals surface area contributed by atoms with Crippen LogP contribution in [0.1, 0.15) is 47.4 Å². The molecule has 3 unspecified atom stereocenters. The molecule has 0 aliphatic heterocycles. The van der Waals surface area contributed by atoms with E-state index in [4.69, 9.17) is 0 Å². The van der Waals surface area contributed by atoms with E-state index in [0.29, 0.717) is 5.92 Å². The van der Waals surface area contributed by atoms with Gasteiger partial charge in [0.1, 0.15) is 0 Å². The summed E-state index contributed by atoms with van der Waals surface area (Å²) in [5, 5.41) is 12.1. The molecular weight excluding hydrogens is 366 g/mol. The van der Waals surface area contributed by atoms with E-state index in [1.807, 2.05) is 0 Å². The van der Waals surface area contributed by atoms with Gasteiger partial charge in [-0.05, 0) is 67.2 Å². The lowest BCUT2D eigenvalue weighted by Crippen LogP contribution is -2.41. The maximum absolute atomic E-state index is 12.1. The van der Waals surface area contributed by atoms with Gasteiger partial charge in [-0.15, -0.1) is 0 Å². The van der Waals surface area contributed by atoms with Gasteiger partial charge in [0, 0.05) is 19.8 Å². The normalized spacial score (nSPS) is 23.9. The highest BCUT2D eigenvalue weighted by Gasteiger charge is 2.43. The zero-order valence-electron chi connectivity index (χ0n) is 18.4. The van der Waals surface area contributed by atoms with Crippen LogP contribution in [-0.2, 0) is 12.0 Å². The second kappa shape index (κ2) is 8.65. The number of hydrogen-bond acceptors (Lipinski definition) is 2. The first kappa shape index (κ1) is 20.7. The van der Waals surface area contributed by atoms with E-state index in [1.54, 1.807) is 0 Å². The molecule has 3 atom stereocenters. The maximum atomic E-state index is 12.1. The standard InChI is InChI=1S/C28H33NO/c1-21-10-9-14-25(18-21)28(30)17-16-23(22-11-5-4-6-12-22)19-26(28)20-24-13-7-8-15-27(24)29(2)3/h4-15,18,23,26,30H,16-17,19-20H2,1-3H3. The van der Waals surface area contributed by atoms with E-state index in [-0.39, 0.29) is 5.92 Å². The van der Waals surface area contributed by atoms with Gasteiger partial charge in [-0.3, -0.25) is 0 Å². The summed E-state index contributed by atoms with van der Waals surface area (Å²) in [5.41, 5.74) is 5.43. The summed E-state index contributed by atoms with van der Waals surface area (Å²) in [7, 11) is 4.19. The van der Waals surface area contributed by atoms with Gasteiger partial charge in [0.25, 0.3) is 0 Å². The Balaban J connectivity index is 1.71. The second-order valence-electron chi connectivity index (χ2n) is 9.10. The molecule has 2 nitrogen and oxygen atoms in total. The van der Waals surface area contributed by atoms with Crippen molar-refractivity contribution in [3.05, 3.63) is 101 Å². The number of aryl methyl sites for hydroxylation is 1. The molecule has 1 aliphatic rings. The topological polar surface area (TPSA) is 23.5 Å². The van der Waals surface area contributed by atoms with Crippen molar-refractivity contribution in [3.63, 3.8) is 0 Å². The Bertz CT molecular complexity index is 981. The quantitative estimate of drug-likeness (QED) is 0.562. The van der Waals surface area contributed by atoms with E-state index in [0.717, 1.165) is 31.2 Å². The number of para-hydroxylation sites is 1. The highest BCUT2D eigenvalue weighted by Crippen LogP contribution is 2.49. The fraction of sp³-hybridized carbons (Fsp3) is 0.357. The first-order valence-corrected chi connectivity index (χ1v) is 11.1. The van der Waals surface area contributed by atoms with Crippen LogP contribution in [0.4, 0.5) is 5.69 Å². The minimum atomic E-state index is -0.795. The fourth-order valence-electron chi connectivity index (χ4n) is 5.21. The van der Waals surface area contributed by atoms with Crippen LogP contribution in [0.2, 0.25) is 0 Å². The SMILES string of the molecule is Cc1cccc(C2(O)CCC(c3ccccc3)CC2Cc2ccccc2N(C)C)c1. The van der Waals surface area contributed by atoms with Crippen molar-refractivity contribution >= 4 is 5.69 Å². The first-order valence-electron chi connectivity index (χ1n) is 11.1. The van der Waals surface area contributed by atoms with Gasteiger partial charge in [0.05, 0.1) is 5.60 Å². The third-order valence-electron chi connectivity index (χ3n) is 6.85. The van der Waals surface area contributed by atoms with Gasteiger partial charge < -0.3 is 10.0 Å². The number of benzene rings is 3. The van der Waals surface area contributed by atoms with Gasteiger partial charge >= 0.3 is 0 Å². The molecule has 3 aromatic rings. The fourth-order valence-corrected chi connectivity index (χ4v) is 5.21. The highest BCUT2D eigenvalue weighted by molar-refractivity contribution is 5.53. The van der Waals surface area contributed by atoms with Crippen LogP contribution >= 0.6 is 0 Å². The summed E-state index contributed by atoms with van der Waals surface area (Å²) in [6, 6.07) is 27.9. The summed E-state index contributed by atoms with van der Waals surface area (Å²) in [6.07, 6.45) is 3.68. The molecule has 1 saturated carbocycles. The van der Waals surface area contributed by atoms with Crippen LogP contribution in [0.3, 0.4) is 0 Å². The van der Waals surface area contributed by atoms with Gasteiger partial charge in [0.2, 0.25) is 0 Å². The van der Waals surface area contributed by atoms with E-state index in [2.05, 4.69) is 105 Å². The number of nitrogens with zero attached hydrogens (tertiary/aromatic N) is 1. The third-order valence-corrected chi connectivity index (χ3v) is 6.85. The Labute approximate surface area is 181 Å². The maximum Gasteiger partial charge on any atom is 0.0928 e. The van der Waals surface area contributed by atoms with Crippen molar-refractivity contribution in [2.24, 2.45) is 5.92 Å². The molecule has 0 heterocycles. The van der Waals surface area contributed by atoms with Gasteiger partial charge in [-0.25, -0.2) is 0 Å². The zero-order valence-corrected chi connectivity index (χ0v) is 18.4. The van der Waals surface area contributed by atoms with Crippen LogP contribution in [0.15, 0.2) is 78.9 Å². The van der Waals surface area contributed by atoms with Crippen LogP contribution in [0.5, 0.6) is 0 Å². The third kappa shape index (κ3) is 4.15. The highest BCUT2D eigenvalue weighted by atomic mass is 16.3. The lowest BCUT2D eigenvalue weighted by atomic mass is 9.64. The van der Waals surface area contributed by atoms with Crippen molar-refractivity contribution in [2.75, 3.05) is 19.0 Å². The number of aliphatic hydroxyl groups is 1. The monoisotopic (exact) mass is 399 g/mol. The Morgan fingerprint density at radius 3 is 2.40 bits per heavy atom. The van der Waals surface area contributed by atoms with Gasteiger partial charge in [-0.1, -0.05) is 78.4 Å². The summed E-state index contributed by atoms with van der Waals surface area (Å²) >= 11 is 0. The van der Waals surface area contributed by atoms with Crippen LogP contribution in [0.25, 0.3) is 0 Å². The molecule has 30 heavy (non-hydrogen) atoms. The van der Waals surface area contributed by atoms with Gasteiger partial charge in [0.15, 0.2) is 0 Å². The first-order chi connectivity index (χ1) is 14.5. The summed E-state index contributed by atoms with van der Waals surface area (Å²) in [6.45, 7) is 2.11. The number of rotatable bonds is 5. The molecular formula is C28H33NO. The van der Waals surface area contributed by atoms with Crippen molar-refractivity contribution in [2.45, 2.75) is 44.1 Å². The predicted molar refractivity (Wildman–Crippen MR) is 126 cm³/mol. The molecule has 1 N–H and O–H groups in total. The van der Waals surface area contributed by atoms with Crippen LogP contribution in [0, 0.1) is 12.8 Å². The number of anilines is 1. The smallest absolute Gasteiger partial charge is 0.0928 e. The molecule has 2 heteroatoms. The minimum Gasteiger partial charge on any atom is -0.385 e. The van der Waals surface area contributed by atoms with E-state index < -0.39 is 5.60 Å². The molecule has 0 saturated heterocycles. The molecule has 4 rings (SSSR count). The predicted octanol–water partition coefficient (Wildman–Crippen LogP) is 6.08. The van der Waals surface area contributed by atoms with E-state index in [9.17, 15) is 5.11 Å². The Kier molecular flexibility index (Phi) is 5.97. The lowest BCUT2D eigenvalue weighted by molar-refractivity contribution is -0.0594. The zero-order chi connectivity index (χ0) is 21.1. The molecule has 3 aromatic carbocycles. The van der Waals surface area contributed by atoms with Crippen LogP contribution < -0.4 is 4.90 Å². The van der Waals surface area contributed by atoms with Crippen molar-refractivity contribution in [1.29, 1.82) is 0 Å². The Hall–Kier alpha value is -2.58. The summed E-state index contributed by atoms with van der Waals surface area (Å²) in [5.74, 6) is 0.659. The second-order valence-corrected chi connectivity index (χ2v) is 9.10. The number of hydrogen-bond donors (Lipinski definition) is 1. The molecule has 0 spiro atoms. The average molecular weight is 400 g/mol. The lowest BCUT2D eigenvalue weighted by Gasteiger charge is -2.44. The molecule has 1 aliphatic carbocycles.